The highest BCUT2D eigenvalue weighted by Crippen LogP contribution is 2.04. The number of nitrogens with one attached hydrogen (secondary N) is 1. The molecular weight excluding hydrogens is 218 g/mol. The fraction of sp³-hybridized carbons (Fsp3) is 0.667. The molecule has 17 heavy (non-hydrogen) atoms. The Morgan fingerprint density at radius 2 is 2.29 bits per heavy atom. The number of aliphatic carboxylic acids is 1. The molecule has 0 bridgehead atoms. The highest BCUT2D eigenvalue weighted by Gasteiger charge is 2.17. The van der Waals surface area contributed by atoms with E-state index in [1.54, 1.807) is 12.5 Å². The molecule has 0 aliphatic heterocycles. The van der Waals surface area contributed by atoms with Crippen LogP contribution in [0, 0.1) is 5.92 Å². The average Bonchev–Trinajstić information content (AvgIpc) is 2.74. The highest BCUT2D eigenvalue weighted by atomic mass is 16.4. The van der Waals surface area contributed by atoms with Crippen molar-refractivity contribution in [3.63, 3.8) is 0 Å². The molecule has 2 N–H and O–H groups in total. The van der Waals surface area contributed by atoms with Crippen molar-refractivity contribution < 1.29 is 9.90 Å². The lowest BCUT2D eigenvalue weighted by Crippen LogP contribution is -2.38. The van der Waals surface area contributed by atoms with Crippen molar-refractivity contribution in [3.05, 3.63) is 18.7 Å². The molecule has 1 atom stereocenters. The summed E-state index contributed by atoms with van der Waals surface area (Å²) in [6.07, 6.45) is 6.98. The highest BCUT2D eigenvalue weighted by molar-refractivity contribution is 5.73. The zero-order valence-electron chi connectivity index (χ0n) is 10.5. The van der Waals surface area contributed by atoms with Gasteiger partial charge in [-0.1, -0.05) is 13.8 Å². The van der Waals surface area contributed by atoms with Crippen LogP contribution in [0.3, 0.4) is 0 Å². The predicted molar refractivity (Wildman–Crippen MR) is 65.7 cm³/mol. The Bertz CT molecular complexity index is 323. The van der Waals surface area contributed by atoms with Gasteiger partial charge in [-0.25, -0.2) is 4.98 Å². The Morgan fingerprint density at radius 3 is 2.82 bits per heavy atom. The van der Waals surface area contributed by atoms with E-state index in [-0.39, 0.29) is 0 Å². The molecule has 5 nitrogen and oxygen atoms in total. The van der Waals surface area contributed by atoms with E-state index in [4.69, 9.17) is 5.11 Å². The van der Waals surface area contributed by atoms with Crippen LogP contribution in [0.5, 0.6) is 0 Å². The molecule has 0 aliphatic rings. The van der Waals surface area contributed by atoms with Crippen LogP contribution >= 0.6 is 0 Å². The maximum atomic E-state index is 11.0. The fourth-order valence-corrected chi connectivity index (χ4v) is 1.70. The molecule has 1 unspecified atom stereocenters. The second-order valence-corrected chi connectivity index (χ2v) is 4.63. The van der Waals surface area contributed by atoms with Crippen molar-refractivity contribution in [2.75, 3.05) is 6.54 Å². The van der Waals surface area contributed by atoms with Crippen molar-refractivity contribution >= 4 is 5.97 Å². The largest absolute Gasteiger partial charge is 0.480 e. The minimum atomic E-state index is -0.763. The van der Waals surface area contributed by atoms with Crippen molar-refractivity contribution in [3.8, 4) is 0 Å². The second-order valence-electron chi connectivity index (χ2n) is 4.63. The topological polar surface area (TPSA) is 67.2 Å². The predicted octanol–water partition coefficient (Wildman–Crippen LogP) is 1.36. The molecule has 1 aromatic heterocycles. The van der Waals surface area contributed by atoms with E-state index in [0.29, 0.717) is 18.9 Å². The zero-order valence-corrected chi connectivity index (χ0v) is 10.5. The Balaban J connectivity index is 2.20. The number of carboxylic acids is 1. The Kier molecular flexibility index (Phi) is 5.69. The van der Waals surface area contributed by atoms with Gasteiger partial charge in [0, 0.05) is 18.9 Å². The summed E-state index contributed by atoms with van der Waals surface area (Å²) < 4.78 is 1.99. The number of carboxylic acid groups (broad SMARTS) is 1. The van der Waals surface area contributed by atoms with E-state index >= 15 is 0 Å². The molecule has 0 aromatic carbocycles. The monoisotopic (exact) mass is 239 g/mol. The van der Waals surface area contributed by atoms with Gasteiger partial charge >= 0.3 is 5.97 Å². The van der Waals surface area contributed by atoms with E-state index in [2.05, 4.69) is 10.3 Å². The fourth-order valence-electron chi connectivity index (χ4n) is 1.70. The molecule has 0 spiro atoms. The van der Waals surface area contributed by atoms with Crippen molar-refractivity contribution in [2.45, 2.75) is 39.3 Å². The van der Waals surface area contributed by atoms with Crippen LogP contribution in [0.25, 0.3) is 0 Å². The summed E-state index contributed by atoms with van der Waals surface area (Å²) in [5, 5.41) is 12.1. The van der Waals surface area contributed by atoms with Crippen LogP contribution in [0.1, 0.15) is 26.7 Å². The number of rotatable bonds is 8. The first-order valence-corrected chi connectivity index (χ1v) is 6.01. The van der Waals surface area contributed by atoms with Gasteiger partial charge in [0.15, 0.2) is 0 Å². The summed E-state index contributed by atoms with van der Waals surface area (Å²) >= 11 is 0. The van der Waals surface area contributed by atoms with Gasteiger partial charge in [-0.2, -0.15) is 0 Å². The third kappa shape index (κ3) is 5.49. The summed E-state index contributed by atoms with van der Waals surface area (Å²) in [5.74, 6) is -0.376. The third-order valence-corrected chi connectivity index (χ3v) is 2.55. The summed E-state index contributed by atoms with van der Waals surface area (Å²) in [5.41, 5.74) is 0. The normalized spacial score (nSPS) is 12.9. The number of hydrogen-bond donors (Lipinski definition) is 2. The molecule has 0 aliphatic carbocycles. The van der Waals surface area contributed by atoms with Gasteiger partial charge < -0.3 is 15.0 Å². The first-order chi connectivity index (χ1) is 8.09. The molecule has 1 heterocycles. The number of hydrogen-bond acceptors (Lipinski definition) is 3. The molecule has 0 saturated carbocycles. The van der Waals surface area contributed by atoms with Crippen molar-refractivity contribution in [1.82, 2.24) is 14.9 Å². The Hall–Kier alpha value is -1.36. The molecule has 1 aromatic rings. The van der Waals surface area contributed by atoms with Crippen molar-refractivity contribution in [1.29, 1.82) is 0 Å². The second kappa shape index (κ2) is 7.06. The molecule has 0 fully saturated rings. The lowest BCUT2D eigenvalue weighted by Gasteiger charge is -2.16. The lowest BCUT2D eigenvalue weighted by molar-refractivity contribution is -0.139. The minimum Gasteiger partial charge on any atom is -0.480 e. The van der Waals surface area contributed by atoms with E-state index in [1.807, 2.05) is 24.6 Å². The van der Waals surface area contributed by atoms with Gasteiger partial charge in [-0.15, -0.1) is 0 Å². The third-order valence-electron chi connectivity index (χ3n) is 2.55. The van der Waals surface area contributed by atoms with Gasteiger partial charge in [0.05, 0.1) is 6.33 Å². The number of carbonyl (C=O) groups is 1. The van der Waals surface area contributed by atoms with Gasteiger partial charge in [0.2, 0.25) is 0 Å². The van der Waals surface area contributed by atoms with Gasteiger partial charge in [-0.05, 0) is 25.3 Å². The average molecular weight is 239 g/mol. The molecule has 0 amide bonds. The van der Waals surface area contributed by atoms with Gasteiger partial charge in [0.25, 0.3) is 0 Å². The Labute approximate surface area is 102 Å². The van der Waals surface area contributed by atoms with Crippen LogP contribution in [0.4, 0.5) is 0 Å². The summed E-state index contributed by atoms with van der Waals surface area (Å²) in [6, 6.07) is -0.433. The first kappa shape index (κ1) is 13.7. The summed E-state index contributed by atoms with van der Waals surface area (Å²) in [7, 11) is 0. The quantitative estimate of drug-likeness (QED) is 0.672. The number of imidazole rings is 1. The maximum Gasteiger partial charge on any atom is 0.320 e. The van der Waals surface area contributed by atoms with E-state index in [9.17, 15) is 4.79 Å². The van der Waals surface area contributed by atoms with E-state index in [1.165, 1.54) is 0 Å². The zero-order chi connectivity index (χ0) is 12.7. The SMILES string of the molecule is CC(C)CC(NCCCn1ccnc1)C(=O)O. The van der Waals surface area contributed by atoms with Crippen LogP contribution < -0.4 is 5.32 Å². The maximum absolute atomic E-state index is 11.0. The molecule has 1 rings (SSSR count). The van der Waals surface area contributed by atoms with Crippen LogP contribution in [-0.2, 0) is 11.3 Å². The molecule has 0 saturated heterocycles. The Morgan fingerprint density at radius 1 is 1.53 bits per heavy atom. The molecule has 96 valence electrons. The molecular formula is C12H21N3O2. The number of nitrogens with zero attached hydrogens (tertiary/aromatic N) is 2. The van der Waals surface area contributed by atoms with E-state index < -0.39 is 12.0 Å². The number of aromatic nitrogens is 2. The molecule has 5 heteroatoms. The lowest BCUT2D eigenvalue weighted by atomic mass is 10.0. The molecule has 0 radical (unpaired) electrons. The smallest absolute Gasteiger partial charge is 0.320 e. The minimum absolute atomic E-state index is 0.386. The standard InChI is InChI=1S/C12H21N3O2/c1-10(2)8-11(12(16)17)14-4-3-6-15-7-5-13-9-15/h5,7,9-11,14H,3-4,6,8H2,1-2H3,(H,16,17). The van der Waals surface area contributed by atoms with Crippen LogP contribution in [-0.4, -0.2) is 33.2 Å². The summed E-state index contributed by atoms with van der Waals surface area (Å²) in [4.78, 5) is 14.9. The van der Waals surface area contributed by atoms with E-state index in [0.717, 1.165) is 13.0 Å². The number of aryl methyl sites for hydroxylation is 1. The first-order valence-electron chi connectivity index (χ1n) is 6.01. The van der Waals surface area contributed by atoms with Crippen LogP contribution in [0.15, 0.2) is 18.7 Å². The van der Waals surface area contributed by atoms with Crippen molar-refractivity contribution in [2.24, 2.45) is 5.92 Å². The summed E-state index contributed by atoms with van der Waals surface area (Å²) in [6.45, 7) is 5.63. The van der Waals surface area contributed by atoms with Crippen LogP contribution in [0.2, 0.25) is 0 Å². The van der Waals surface area contributed by atoms with Gasteiger partial charge in [0.1, 0.15) is 6.04 Å². The van der Waals surface area contributed by atoms with Gasteiger partial charge in [-0.3, -0.25) is 4.79 Å².